The highest BCUT2D eigenvalue weighted by atomic mass is 19.1. The highest BCUT2D eigenvalue weighted by Crippen LogP contribution is 2.42. The summed E-state index contributed by atoms with van der Waals surface area (Å²) >= 11 is 0. The standard InChI is InChI=1S/C25H23FN2O4/c1-27(2)13-14-28-21(16-7-10-17(26)11-8-16)20(24(31)25(28)32)23(30)19-12-9-15-5-3-4-6-18(15)22(19)29/h3-12,21,29-30H,13-14H2,1-2H3/t21-/m1/s1. The van der Waals surface area contributed by atoms with E-state index in [1.54, 1.807) is 18.2 Å². The Labute approximate surface area is 184 Å². The molecule has 7 heteroatoms. The van der Waals surface area contributed by atoms with Gasteiger partial charge in [-0.1, -0.05) is 42.5 Å². The van der Waals surface area contributed by atoms with Crippen LogP contribution in [0, 0.1) is 5.82 Å². The third kappa shape index (κ3) is 3.71. The van der Waals surface area contributed by atoms with Gasteiger partial charge in [-0.05, 0) is 43.2 Å². The molecule has 1 heterocycles. The van der Waals surface area contributed by atoms with Crippen molar-refractivity contribution >= 4 is 28.2 Å². The van der Waals surface area contributed by atoms with Crippen LogP contribution >= 0.6 is 0 Å². The molecular weight excluding hydrogens is 411 g/mol. The molecule has 0 spiro atoms. The maximum atomic E-state index is 13.6. The van der Waals surface area contributed by atoms with Gasteiger partial charge >= 0.3 is 0 Å². The molecule has 1 fully saturated rings. The summed E-state index contributed by atoms with van der Waals surface area (Å²) in [5, 5.41) is 23.3. The molecular formula is C25H23FN2O4. The minimum Gasteiger partial charge on any atom is -0.507 e. The number of aromatic hydroxyl groups is 1. The summed E-state index contributed by atoms with van der Waals surface area (Å²) in [5.41, 5.74) is 0.415. The van der Waals surface area contributed by atoms with Gasteiger partial charge in [-0.15, -0.1) is 0 Å². The van der Waals surface area contributed by atoms with E-state index in [4.69, 9.17) is 0 Å². The lowest BCUT2D eigenvalue weighted by Crippen LogP contribution is -2.35. The fourth-order valence-corrected chi connectivity index (χ4v) is 4.00. The average Bonchev–Trinajstić information content (AvgIpc) is 3.03. The molecule has 1 atom stereocenters. The van der Waals surface area contributed by atoms with E-state index in [1.165, 1.54) is 35.2 Å². The van der Waals surface area contributed by atoms with Gasteiger partial charge in [0, 0.05) is 18.5 Å². The summed E-state index contributed by atoms with van der Waals surface area (Å²) in [6.45, 7) is 0.728. The van der Waals surface area contributed by atoms with E-state index >= 15 is 0 Å². The second-order valence-corrected chi connectivity index (χ2v) is 8.03. The highest BCUT2D eigenvalue weighted by Gasteiger charge is 2.46. The van der Waals surface area contributed by atoms with E-state index in [0.717, 1.165) is 5.39 Å². The topological polar surface area (TPSA) is 81.1 Å². The molecule has 0 aliphatic carbocycles. The number of aliphatic hydroxyl groups excluding tert-OH is 1. The largest absolute Gasteiger partial charge is 0.507 e. The summed E-state index contributed by atoms with van der Waals surface area (Å²) in [4.78, 5) is 29.2. The van der Waals surface area contributed by atoms with E-state index < -0.39 is 29.3 Å². The predicted octanol–water partition coefficient (Wildman–Crippen LogP) is 3.67. The number of fused-ring (bicyclic) bond motifs is 1. The molecule has 4 rings (SSSR count). The van der Waals surface area contributed by atoms with Crippen molar-refractivity contribution in [2.75, 3.05) is 27.2 Å². The van der Waals surface area contributed by atoms with Crippen molar-refractivity contribution in [2.24, 2.45) is 0 Å². The first-order valence-electron chi connectivity index (χ1n) is 10.2. The number of halogens is 1. The van der Waals surface area contributed by atoms with Gasteiger partial charge < -0.3 is 20.0 Å². The van der Waals surface area contributed by atoms with Crippen molar-refractivity contribution < 1.29 is 24.2 Å². The number of aliphatic hydroxyl groups is 1. The van der Waals surface area contributed by atoms with Gasteiger partial charge in [0.1, 0.15) is 17.3 Å². The summed E-state index contributed by atoms with van der Waals surface area (Å²) in [5.74, 6) is -2.69. The molecule has 2 N–H and O–H groups in total. The lowest BCUT2D eigenvalue weighted by Gasteiger charge is -2.26. The molecule has 3 aromatic rings. The Bertz CT molecular complexity index is 1230. The number of phenols is 1. The van der Waals surface area contributed by atoms with Gasteiger partial charge in [-0.3, -0.25) is 9.59 Å². The van der Waals surface area contributed by atoms with Gasteiger partial charge in [0.2, 0.25) is 0 Å². The molecule has 3 aromatic carbocycles. The van der Waals surface area contributed by atoms with Crippen molar-refractivity contribution in [3.8, 4) is 5.75 Å². The van der Waals surface area contributed by atoms with Gasteiger partial charge in [0.05, 0.1) is 17.2 Å². The lowest BCUT2D eigenvalue weighted by atomic mass is 9.94. The van der Waals surface area contributed by atoms with Crippen LogP contribution in [0.15, 0.2) is 66.2 Å². The summed E-state index contributed by atoms with van der Waals surface area (Å²) in [6, 6.07) is 14.9. The number of phenolic OH excluding ortho intramolecular Hbond substituents is 1. The number of rotatable bonds is 5. The molecule has 32 heavy (non-hydrogen) atoms. The smallest absolute Gasteiger partial charge is 0.295 e. The van der Waals surface area contributed by atoms with E-state index in [2.05, 4.69) is 0 Å². The van der Waals surface area contributed by atoms with Gasteiger partial charge in [0.25, 0.3) is 11.7 Å². The summed E-state index contributed by atoms with van der Waals surface area (Å²) < 4.78 is 13.6. The maximum Gasteiger partial charge on any atom is 0.295 e. The average molecular weight is 434 g/mol. The molecule has 6 nitrogen and oxygen atoms in total. The molecule has 1 aliphatic rings. The van der Waals surface area contributed by atoms with Gasteiger partial charge in [-0.2, -0.15) is 0 Å². The van der Waals surface area contributed by atoms with Crippen LogP contribution in [-0.4, -0.2) is 58.9 Å². The number of benzene rings is 3. The molecule has 0 radical (unpaired) electrons. The van der Waals surface area contributed by atoms with Crippen LogP contribution in [0.5, 0.6) is 5.75 Å². The van der Waals surface area contributed by atoms with Crippen molar-refractivity contribution in [1.29, 1.82) is 0 Å². The molecule has 0 bridgehead atoms. The minimum atomic E-state index is -0.901. The third-order valence-corrected chi connectivity index (χ3v) is 5.67. The first-order chi connectivity index (χ1) is 15.3. The van der Waals surface area contributed by atoms with E-state index in [0.29, 0.717) is 17.5 Å². The van der Waals surface area contributed by atoms with Crippen molar-refractivity contribution in [1.82, 2.24) is 9.80 Å². The van der Waals surface area contributed by atoms with Crippen LogP contribution in [0.3, 0.4) is 0 Å². The number of ketones is 1. The number of Topliss-reactive ketones (excluding diaryl/α,β-unsaturated/α-hetero) is 1. The Morgan fingerprint density at radius 3 is 2.41 bits per heavy atom. The Balaban J connectivity index is 1.90. The zero-order valence-electron chi connectivity index (χ0n) is 17.7. The van der Waals surface area contributed by atoms with E-state index in [-0.39, 0.29) is 23.4 Å². The Kier molecular flexibility index (Phi) is 5.67. The number of hydrogen-bond acceptors (Lipinski definition) is 5. The SMILES string of the molecule is CN(C)CCN1C(=O)C(=O)C(=C(O)c2ccc3ccccc3c2O)[C@H]1c1ccc(F)cc1. The summed E-state index contributed by atoms with van der Waals surface area (Å²) in [6.07, 6.45) is 0. The fourth-order valence-electron chi connectivity index (χ4n) is 4.00. The van der Waals surface area contributed by atoms with Crippen LogP contribution in [-0.2, 0) is 9.59 Å². The van der Waals surface area contributed by atoms with Gasteiger partial charge in [0.15, 0.2) is 0 Å². The van der Waals surface area contributed by atoms with Crippen molar-refractivity contribution in [2.45, 2.75) is 6.04 Å². The van der Waals surface area contributed by atoms with Crippen LogP contribution in [0.25, 0.3) is 16.5 Å². The number of amides is 1. The first kappa shape index (κ1) is 21.5. The predicted molar refractivity (Wildman–Crippen MR) is 120 cm³/mol. The van der Waals surface area contributed by atoms with Crippen LogP contribution in [0.1, 0.15) is 17.2 Å². The van der Waals surface area contributed by atoms with E-state index in [1.807, 2.05) is 31.1 Å². The molecule has 1 saturated heterocycles. The number of likely N-dealkylation sites (tertiary alicyclic amines) is 1. The zero-order chi connectivity index (χ0) is 23.0. The quantitative estimate of drug-likeness (QED) is 0.364. The van der Waals surface area contributed by atoms with Crippen LogP contribution in [0.2, 0.25) is 0 Å². The number of carbonyl (C=O) groups excluding carboxylic acids is 2. The fraction of sp³-hybridized carbons (Fsp3) is 0.200. The zero-order valence-corrected chi connectivity index (χ0v) is 17.7. The normalized spacial score (nSPS) is 18.1. The molecule has 1 aliphatic heterocycles. The molecule has 164 valence electrons. The number of nitrogens with zero attached hydrogens (tertiary/aromatic N) is 2. The molecule has 1 amide bonds. The number of carbonyl (C=O) groups is 2. The van der Waals surface area contributed by atoms with Crippen LogP contribution in [0.4, 0.5) is 4.39 Å². The second-order valence-electron chi connectivity index (χ2n) is 8.03. The van der Waals surface area contributed by atoms with Crippen molar-refractivity contribution in [3.05, 3.63) is 83.2 Å². The Hall–Kier alpha value is -3.71. The minimum absolute atomic E-state index is 0.0569. The number of likely N-dealkylation sites (N-methyl/N-ethyl adjacent to an activating group) is 1. The van der Waals surface area contributed by atoms with E-state index in [9.17, 15) is 24.2 Å². The lowest BCUT2D eigenvalue weighted by molar-refractivity contribution is -0.140. The Morgan fingerprint density at radius 1 is 1.03 bits per heavy atom. The molecule has 0 saturated carbocycles. The van der Waals surface area contributed by atoms with Crippen molar-refractivity contribution in [3.63, 3.8) is 0 Å². The maximum absolute atomic E-state index is 13.6. The first-order valence-corrected chi connectivity index (χ1v) is 10.2. The molecule has 0 unspecified atom stereocenters. The van der Waals surface area contributed by atoms with Crippen LogP contribution < -0.4 is 0 Å². The molecule has 0 aromatic heterocycles. The highest BCUT2D eigenvalue weighted by molar-refractivity contribution is 6.46. The summed E-state index contributed by atoms with van der Waals surface area (Å²) in [7, 11) is 3.69. The number of hydrogen-bond donors (Lipinski definition) is 2. The second kappa shape index (κ2) is 8.43. The Morgan fingerprint density at radius 2 is 1.72 bits per heavy atom. The monoisotopic (exact) mass is 434 g/mol. The third-order valence-electron chi connectivity index (χ3n) is 5.67. The van der Waals surface area contributed by atoms with Gasteiger partial charge in [-0.25, -0.2) is 4.39 Å².